The summed E-state index contributed by atoms with van der Waals surface area (Å²) >= 11 is 0. The van der Waals surface area contributed by atoms with Gasteiger partial charge in [-0.2, -0.15) is 4.99 Å². The van der Waals surface area contributed by atoms with Gasteiger partial charge in [-0.05, 0) is 19.1 Å². The van der Waals surface area contributed by atoms with E-state index in [2.05, 4.69) is 4.99 Å². The van der Waals surface area contributed by atoms with Crippen LogP contribution in [0.2, 0.25) is 0 Å². The van der Waals surface area contributed by atoms with Crippen LogP contribution in [0.15, 0.2) is 23.2 Å². The number of aryl methyl sites for hydroxylation is 1. The summed E-state index contributed by atoms with van der Waals surface area (Å²) in [6.45, 7) is 1.76. The summed E-state index contributed by atoms with van der Waals surface area (Å²) in [6, 6.07) is 4.62. The van der Waals surface area contributed by atoms with Crippen LogP contribution in [0, 0.1) is 6.92 Å². The summed E-state index contributed by atoms with van der Waals surface area (Å²) in [5, 5.41) is 8.73. The molecule has 0 amide bonds. The highest BCUT2D eigenvalue weighted by Crippen LogP contribution is 2.19. The average molecular weight is 177 g/mol. The first-order chi connectivity index (χ1) is 6.15. The summed E-state index contributed by atoms with van der Waals surface area (Å²) < 4.78 is 0. The van der Waals surface area contributed by atoms with Crippen molar-refractivity contribution in [1.29, 1.82) is 0 Å². The van der Waals surface area contributed by atoms with Crippen molar-refractivity contribution < 1.29 is 14.7 Å². The fraction of sp³-hybridized carbons (Fsp3) is 0.111. The Balaban J connectivity index is 3.34. The second-order valence-corrected chi connectivity index (χ2v) is 2.53. The van der Waals surface area contributed by atoms with Gasteiger partial charge in [-0.1, -0.05) is 11.6 Å². The summed E-state index contributed by atoms with van der Waals surface area (Å²) in [5.74, 6) is -1.10. The molecule has 0 aliphatic heterocycles. The molecule has 0 saturated carbocycles. The van der Waals surface area contributed by atoms with Crippen molar-refractivity contribution in [2.75, 3.05) is 0 Å². The lowest BCUT2D eigenvalue weighted by Gasteiger charge is -1.99. The Hall–Kier alpha value is -1.93. The number of aromatic carboxylic acids is 1. The number of hydrogen-bond acceptors (Lipinski definition) is 3. The number of rotatable bonds is 2. The highest BCUT2D eigenvalue weighted by Gasteiger charge is 2.08. The van der Waals surface area contributed by atoms with E-state index in [-0.39, 0.29) is 11.3 Å². The van der Waals surface area contributed by atoms with Gasteiger partial charge in [-0.15, -0.1) is 0 Å². The van der Waals surface area contributed by atoms with E-state index in [0.29, 0.717) is 0 Å². The first-order valence-electron chi connectivity index (χ1n) is 3.57. The van der Waals surface area contributed by atoms with Crippen LogP contribution in [0.1, 0.15) is 15.9 Å². The maximum atomic E-state index is 10.7. The Morgan fingerprint density at radius 1 is 1.54 bits per heavy atom. The van der Waals surface area contributed by atoms with Crippen LogP contribution >= 0.6 is 0 Å². The maximum absolute atomic E-state index is 10.7. The molecule has 1 rings (SSSR count). The molecule has 0 aliphatic rings. The first kappa shape index (κ1) is 9.16. The summed E-state index contributed by atoms with van der Waals surface area (Å²) in [6.07, 6.45) is 1.31. The number of carboxylic acids is 1. The standard InChI is InChI=1S/C9H7NO3/c1-6-2-3-8(10-5-11)7(4-6)9(12)13/h2-4H,1H3,(H,12,13). The number of carbonyl (C=O) groups excluding carboxylic acids is 1. The van der Waals surface area contributed by atoms with Gasteiger partial charge in [-0.25, -0.2) is 9.59 Å². The van der Waals surface area contributed by atoms with E-state index in [4.69, 9.17) is 5.11 Å². The Bertz CT molecular complexity index is 392. The Morgan fingerprint density at radius 3 is 2.77 bits per heavy atom. The number of carboxylic acid groups (broad SMARTS) is 1. The van der Waals surface area contributed by atoms with Gasteiger partial charge in [0.25, 0.3) is 0 Å². The van der Waals surface area contributed by atoms with Gasteiger partial charge < -0.3 is 5.11 Å². The van der Waals surface area contributed by atoms with Crippen LogP contribution in [-0.2, 0) is 4.79 Å². The molecule has 0 spiro atoms. The molecule has 1 aromatic carbocycles. The molecule has 66 valence electrons. The molecule has 0 radical (unpaired) electrons. The van der Waals surface area contributed by atoms with E-state index in [9.17, 15) is 9.59 Å². The second kappa shape index (κ2) is 3.65. The predicted molar refractivity (Wildman–Crippen MR) is 45.9 cm³/mol. The van der Waals surface area contributed by atoms with Crippen LogP contribution in [0.4, 0.5) is 5.69 Å². The Kier molecular flexibility index (Phi) is 2.57. The van der Waals surface area contributed by atoms with Crippen molar-refractivity contribution in [2.24, 2.45) is 4.99 Å². The molecule has 0 bridgehead atoms. The van der Waals surface area contributed by atoms with Crippen molar-refractivity contribution >= 4 is 17.7 Å². The quantitative estimate of drug-likeness (QED) is 0.551. The fourth-order valence-corrected chi connectivity index (χ4v) is 0.968. The van der Waals surface area contributed by atoms with Gasteiger partial charge in [0.05, 0.1) is 11.3 Å². The predicted octanol–water partition coefficient (Wildman–Crippen LogP) is 1.66. The minimum atomic E-state index is -1.10. The normalized spacial score (nSPS) is 9.00. The molecule has 1 aromatic rings. The number of isocyanates is 1. The number of benzene rings is 1. The topological polar surface area (TPSA) is 66.7 Å². The van der Waals surface area contributed by atoms with Gasteiger partial charge in [0.15, 0.2) is 0 Å². The second-order valence-electron chi connectivity index (χ2n) is 2.53. The van der Waals surface area contributed by atoms with Crippen LogP contribution < -0.4 is 0 Å². The van der Waals surface area contributed by atoms with E-state index in [1.807, 2.05) is 0 Å². The van der Waals surface area contributed by atoms with Crippen molar-refractivity contribution in [2.45, 2.75) is 6.92 Å². The summed E-state index contributed by atoms with van der Waals surface area (Å²) in [7, 11) is 0. The lowest BCUT2D eigenvalue weighted by Crippen LogP contribution is -1.96. The zero-order chi connectivity index (χ0) is 9.84. The highest BCUT2D eigenvalue weighted by molar-refractivity contribution is 5.94. The fourth-order valence-electron chi connectivity index (χ4n) is 0.968. The van der Waals surface area contributed by atoms with E-state index in [1.54, 1.807) is 13.0 Å². The van der Waals surface area contributed by atoms with Crippen molar-refractivity contribution in [1.82, 2.24) is 0 Å². The smallest absolute Gasteiger partial charge is 0.337 e. The van der Waals surface area contributed by atoms with Crippen molar-refractivity contribution in [3.8, 4) is 0 Å². The summed E-state index contributed by atoms with van der Waals surface area (Å²) in [4.78, 5) is 23.9. The van der Waals surface area contributed by atoms with Crippen LogP contribution in [0.5, 0.6) is 0 Å². The number of aliphatic imine (C=N–C) groups is 1. The minimum absolute atomic E-state index is 0.0170. The minimum Gasteiger partial charge on any atom is -0.478 e. The van der Waals surface area contributed by atoms with Crippen LogP contribution in [0.3, 0.4) is 0 Å². The third kappa shape index (κ3) is 2.01. The lowest BCUT2D eigenvalue weighted by atomic mass is 10.1. The van der Waals surface area contributed by atoms with Crippen molar-refractivity contribution in [3.05, 3.63) is 29.3 Å². The lowest BCUT2D eigenvalue weighted by molar-refractivity contribution is 0.0698. The molecule has 0 unspecified atom stereocenters. The molecule has 0 fully saturated rings. The molecular weight excluding hydrogens is 170 g/mol. The largest absolute Gasteiger partial charge is 0.478 e. The van der Waals surface area contributed by atoms with Gasteiger partial charge in [0.2, 0.25) is 6.08 Å². The molecule has 0 aromatic heterocycles. The third-order valence-corrected chi connectivity index (χ3v) is 1.55. The monoisotopic (exact) mass is 177 g/mol. The first-order valence-corrected chi connectivity index (χ1v) is 3.57. The molecule has 4 heteroatoms. The molecular formula is C9H7NO3. The van der Waals surface area contributed by atoms with Crippen molar-refractivity contribution in [3.63, 3.8) is 0 Å². The molecule has 0 aliphatic carbocycles. The van der Waals surface area contributed by atoms with Crippen LogP contribution in [0.25, 0.3) is 0 Å². The molecule has 1 N–H and O–H groups in total. The van der Waals surface area contributed by atoms with Gasteiger partial charge in [-0.3, -0.25) is 0 Å². The molecule has 0 heterocycles. The third-order valence-electron chi connectivity index (χ3n) is 1.55. The zero-order valence-electron chi connectivity index (χ0n) is 6.94. The van der Waals surface area contributed by atoms with Gasteiger partial charge in [0.1, 0.15) is 0 Å². The zero-order valence-corrected chi connectivity index (χ0v) is 6.94. The van der Waals surface area contributed by atoms with E-state index in [1.165, 1.54) is 18.2 Å². The summed E-state index contributed by atoms with van der Waals surface area (Å²) in [5.41, 5.74) is 0.957. The van der Waals surface area contributed by atoms with E-state index >= 15 is 0 Å². The molecule has 4 nitrogen and oxygen atoms in total. The number of nitrogens with zero attached hydrogens (tertiary/aromatic N) is 1. The number of hydrogen-bond donors (Lipinski definition) is 1. The highest BCUT2D eigenvalue weighted by atomic mass is 16.4. The number of carbonyl (C=O) groups is 1. The van der Waals surface area contributed by atoms with E-state index < -0.39 is 5.97 Å². The molecule has 0 saturated heterocycles. The molecule has 0 atom stereocenters. The molecule has 13 heavy (non-hydrogen) atoms. The van der Waals surface area contributed by atoms with Gasteiger partial charge in [0, 0.05) is 0 Å². The average Bonchev–Trinajstić information content (AvgIpc) is 2.08. The van der Waals surface area contributed by atoms with Crippen LogP contribution in [-0.4, -0.2) is 17.2 Å². The van der Waals surface area contributed by atoms with Gasteiger partial charge >= 0.3 is 5.97 Å². The van der Waals surface area contributed by atoms with E-state index in [0.717, 1.165) is 5.56 Å². The maximum Gasteiger partial charge on any atom is 0.337 e. The Morgan fingerprint density at radius 2 is 2.23 bits per heavy atom. The Labute approximate surface area is 74.5 Å². The SMILES string of the molecule is Cc1ccc(N=C=O)c(C(=O)O)c1.